The van der Waals surface area contributed by atoms with Gasteiger partial charge in [0, 0.05) is 5.41 Å². The fourth-order valence-corrected chi connectivity index (χ4v) is 1.62. The standard InChI is InChI=1S/C12H15F2NO2/c1-6-4-9(14)7(5-8(6)13)12(2,3)10(15)11(16)17/h4-5,10H,15H2,1-3H3,(H,16,17). The second kappa shape index (κ2) is 4.41. The van der Waals surface area contributed by atoms with Crippen molar-refractivity contribution in [2.75, 3.05) is 0 Å². The summed E-state index contributed by atoms with van der Waals surface area (Å²) >= 11 is 0. The van der Waals surface area contributed by atoms with E-state index in [2.05, 4.69) is 0 Å². The lowest BCUT2D eigenvalue weighted by molar-refractivity contribution is -0.140. The molecule has 1 rings (SSSR count). The number of rotatable bonds is 3. The van der Waals surface area contributed by atoms with E-state index >= 15 is 0 Å². The molecule has 3 nitrogen and oxygen atoms in total. The molecule has 1 aromatic carbocycles. The first-order valence-electron chi connectivity index (χ1n) is 5.12. The SMILES string of the molecule is Cc1cc(F)c(C(C)(C)C(N)C(=O)O)cc1F. The number of benzene rings is 1. The summed E-state index contributed by atoms with van der Waals surface area (Å²) in [5.41, 5.74) is 4.44. The summed E-state index contributed by atoms with van der Waals surface area (Å²) in [6.07, 6.45) is 0. The van der Waals surface area contributed by atoms with Gasteiger partial charge >= 0.3 is 5.97 Å². The van der Waals surface area contributed by atoms with E-state index in [0.717, 1.165) is 12.1 Å². The Bertz CT molecular complexity index is 458. The Morgan fingerprint density at radius 1 is 1.35 bits per heavy atom. The number of halogens is 2. The quantitative estimate of drug-likeness (QED) is 0.853. The van der Waals surface area contributed by atoms with Crippen molar-refractivity contribution in [1.29, 1.82) is 0 Å². The molecule has 0 bridgehead atoms. The van der Waals surface area contributed by atoms with Crippen LogP contribution in [0.2, 0.25) is 0 Å². The van der Waals surface area contributed by atoms with Crippen molar-refractivity contribution in [2.45, 2.75) is 32.2 Å². The van der Waals surface area contributed by atoms with Crippen LogP contribution < -0.4 is 5.73 Å². The number of carbonyl (C=O) groups is 1. The minimum atomic E-state index is -1.31. The van der Waals surface area contributed by atoms with Gasteiger partial charge in [-0.3, -0.25) is 4.79 Å². The fourth-order valence-electron chi connectivity index (χ4n) is 1.62. The smallest absolute Gasteiger partial charge is 0.321 e. The van der Waals surface area contributed by atoms with Crippen molar-refractivity contribution < 1.29 is 18.7 Å². The Hall–Kier alpha value is -1.49. The Labute approximate surface area is 98.2 Å². The molecule has 5 heteroatoms. The van der Waals surface area contributed by atoms with Crippen LogP contribution in [-0.2, 0) is 10.2 Å². The van der Waals surface area contributed by atoms with Gasteiger partial charge in [0.15, 0.2) is 0 Å². The molecule has 0 heterocycles. The molecule has 3 N–H and O–H groups in total. The zero-order valence-corrected chi connectivity index (χ0v) is 9.92. The maximum atomic E-state index is 13.7. The lowest BCUT2D eigenvalue weighted by Gasteiger charge is -2.29. The average molecular weight is 243 g/mol. The third-order valence-electron chi connectivity index (χ3n) is 2.99. The first-order valence-corrected chi connectivity index (χ1v) is 5.12. The van der Waals surface area contributed by atoms with Crippen LogP contribution in [0.1, 0.15) is 25.0 Å². The van der Waals surface area contributed by atoms with E-state index < -0.39 is 29.1 Å². The van der Waals surface area contributed by atoms with E-state index in [0.29, 0.717) is 0 Å². The van der Waals surface area contributed by atoms with Crippen LogP contribution in [0.3, 0.4) is 0 Å². The second-order valence-corrected chi connectivity index (χ2v) is 4.62. The first-order chi connectivity index (χ1) is 7.67. The third-order valence-corrected chi connectivity index (χ3v) is 2.99. The van der Waals surface area contributed by atoms with E-state index in [1.807, 2.05) is 0 Å². The highest BCUT2D eigenvalue weighted by atomic mass is 19.1. The molecule has 0 aliphatic heterocycles. The summed E-state index contributed by atoms with van der Waals surface area (Å²) in [5.74, 6) is -2.48. The Morgan fingerprint density at radius 2 is 1.88 bits per heavy atom. The first kappa shape index (κ1) is 13.6. The maximum absolute atomic E-state index is 13.7. The number of aliphatic carboxylic acids is 1. The highest BCUT2D eigenvalue weighted by Crippen LogP contribution is 2.30. The summed E-state index contributed by atoms with van der Waals surface area (Å²) in [4.78, 5) is 10.8. The van der Waals surface area contributed by atoms with E-state index in [9.17, 15) is 13.6 Å². The van der Waals surface area contributed by atoms with Gasteiger partial charge in [-0.05, 0) is 30.2 Å². The second-order valence-electron chi connectivity index (χ2n) is 4.62. The van der Waals surface area contributed by atoms with Gasteiger partial charge in [-0.15, -0.1) is 0 Å². The molecule has 1 unspecified atom stereocenters. The van der Waals surface area contributed by atoms with Gasteiger partial charge in [0.1, 0.15) is 17.7 Å². The van der Waals surface area contributed by atoms with Crippen molar-refractivity contribution in [2.24, 2.45) is 5.73 Å². The summed E-state index contributed by atoms with van der Waals surface area (Å²) < 4.78 is 27.1. The molecular formula is C12H15F2NO2. The van der Waals surface area contributed by atoms with Crippen LogP contribution in [0.25, 0.3) is 0 Å². The zero-order chi connectivity index (χ0) is 13.4. The van der Waals surface area contributed by atoms with Crippen LogP contribution in [0, 0.1) is 18.6 Å². The Balaban J connectivity index is 3.33. The summed E-state index contributed by atoms with van der Waals surface area (Å²) in [7, 11) is 0. The van der Waals surface area contributed by atoms with Gasteiger partial charge < -0.3 is 10.8 Å². The largest absolute Gasteiger partial charge is 0.480 e. The van der Waals surface area contributed by atoms with Gasteiger partial charge in [0.2, 0.25) is 0 Å². The van der Waals surface area contributed by atoms with Crippen molar-refractivity contribution in [3.05, 3.63) is 34.9 Å². The van der Waals surface area contributed by atoms with Gasteiger partial charge in [0.05, 0.1) is 0 Å². The monoisotopic (exact) mass is 243 g/mol. The zero-order valence-electron chi connectivity index (χ0n) is 9.92. The number of hydrogen-bond donors (Lipinski definition) is 2. The van der Waals surface area contributed by atoms with Crippen molar-refractivity contribution in [3.8, 4) is 0 Å². The molecule has 1 atom stereocenters. The fraction of sp³-hybridized carbons (Fsp3) is 0.417. The summed E-state index contributed by atoms with van der Waals surface area (Å²) in [6, 6.07) is 0.744. The Kier molecular flexibility index (Phi) is 3.52. The molecule has 0 saturated carbocycles. The molecule has 0 radical (unpaired) electrons. The molecule has 0 aromatic heterocycles. The van der Waals surface area contributed by atoms with E-state index in [-0.39, 0.29) is 11.1 Å². The average Bonchev–Trinajstić information content (AvgIpc) is 2.21. The number of carboxylic acid groups (broad SMARTS) is 1. The van der Waals surface area contributed by atoms with Gasteiger partial charge in [-0.25, -0.2) is 8.78 Å². The summed E-state index contributed by atoms with van der Waals surface area (Å²) in [6.45, 7) is 4.38. The van der Waals surface area contributed by atoms with Crippen LogP contribution in [-0.4, -0.2) is 17.1 Å². The summed E-state index contributed by atoms with van der Waals surface area (Å²) in [5, 5.41) is 8.85. The minimum absolute atomic E-state index is 0.0319. The van der Waals surface area contributed by atoms with E-state index in [1.165, 1.54) is 20.8 Å². The molecular weight excluding hydrogens is 228 g/mol. The Morgan fingerprint density at radius 3 is 2.35 bits per heavy atom. The van der Waals surface area contributed by atoms with E-state index in [1.54, 1.807) is 0 Å². The maximum Gasteiger partial charge on any atom is 0.321 e. The van der Waals surface area contributed by atoms with Crippen LogP contribution in [0.5, 0.6) is 0 Å². The molecule has 0 aliphatic rings. The van der Waals surface area contributed by atoms with Gasteiger partial charge in [-0.1, -0.05) is 13.8 Å². The van der Waals surface area contributed by atoms with Crippen LogP contribution >= 0.6 is 0 Å². The molecule has 0 amide bonds. The van der Waals surface area contributed by atoms with Crippen molar-refractivity contribution in [1.82, 2.24) is 0 Å². The minimum Gasteiger partial charge on any atom is -0.480 e. The molecule has 0 fully saturated rings. The van der Waals surface area contributed by atoms with Crippen molar-refractivity contribution in [3.63, 3.8) is 0 Å². The van der Waals surface area contributed by atoms with Gasteiger partial charge in [-0.2, -0.15) is 0 Å². The number of aryl methyl sites for hydroxylation is 1. The normalized spacial score (nSPS) is 13.5. The predicted molar refractivity (Wildman–Crippen MR) is 59.7 cm³/mol. The number of carboxylic acids is 1. The highest BCUT2D eigenvalue weighted by Gasteiger charge is 2.36. The van der Waals surface area contributed by atoms with E-state index in [4.69, 9.17) is 10.8 Å². The van der Waals surface area contributed by atoms with Crippen LogP contribution in [0.15, 0.2) is 12.1 Å². The molecule has 0 spiro atoms. The van der Waals surface area contributed by atoms with Crippen molar-refractivity contribution >= 4 is 5.97 Å². The topological polar surface area (TPSA) is 63.3 Å². The lowest BCUT2D eigenvalue weighted by Crippen LogP contribution is -2.47. The van der Waals surface area contributed by atoms with Gasteiger partial charge in [0.25, 0.3) is 0 Å². The predicted octanol–water partition coefficient (Wildman–Crippen LogP) is 1.96. The lowest BCUT2D eigenvalue weighted by atomic mass is 9.77. The highest BCUT2D eigenvalue weighted by molar-refractivity contribution is 5.75. The van der Waals surface area contributed by atoms with Crippen LogP contribution in [0.4, 0.5) is 8.78 Å². The third kappa shape index (κ3) is 2.44. The molecule has 94 valence electrons. The molecule has 1 aromatic rings. The molecule has 17 heavy (non-hydrogen) atoms. The molecule has 0 saturated heterocycles. The number of nitrogens with two attached hydrogens (primary N) is 1. The number of hydrogen-bond acceptors (Lipinski definition) is 2. The molecule has 0 aliphatic carbocycles.